The van der Waals surface area contributed by atoms with Crippen LogP contribution in [0.4, 0.5) is 8.78 Å². The van der Waals surface area contributed by atoms with E-state index in [4.69, 9.17) is 5.73 Å². The van der Waals surface area contributed by atoms with Crippen LogP contribution < -0.4 is 5.73 Å². The number of hydrogen-bond acceptors (Lipinski definition) is 3. The molecule has 0 aliphatic heterocycles. The molecule has 0 fully saturated rings. The van der Waals surface area contributed by atoms with E-state index in [0.717, 1.165) is 13.2 Å². The van der Waals surface area contributed by atoms with Gasteiger partial charge in [-0.1, -0.05) is 6.07 Å². The second-order valence-corrected chi connectivity index (χ2v) is 2.59. The van der Waals surface area contributed by atoms with Crippen LogP contribution in [0.3, 0.4) is 0 Å². The predicted molar refractivity (Wildman–Crippen MR) is 45.6 cm³/mol. The van der Waals surface area contributed by atoms with E-state index in [9.17, 15) is 13.6 Å². The molecule has 2 N–H and O–H groups in total. The largest absolute Gasteiger partial charge is 0.465 e. The molecule has 14 heavy (non-hydrogen) atoms. The minimum atomic E-state index is -1.05. The number of hydrogen-bond donors (Lipinski definition) is 1. The van der Waals surface area contributed by atoms with Crippen molar-refractivity contribution in [2.24, 2.45) is 5.73 Å². The summed E-state index contributed by atoms with van der Waals surface area (Å²) in [5.41, 5.74) is 4.57. The van der Waals surface area contributed by atoms with Gasteiger partial charge in [-0.3, -0.25) is 0 Å². The van der Waals surface area contributed by atoms with Crippen molar-refractivity contribution in [1.82, 2.24) is 0 Å². The zero-order chi connectivity index (χ0) is 10.7. The van der Waals surface area contributed by atoms with Crippen molar-refractivity contribution < 1.29 is 18.3 Å². The highest BCUT2D eigenvalue weighted by atomic mass is 19.1. The molecule has 1 rings (SSSR count). The number of benzene rings is 1. The first-order valence-electron chi connectivity index (χ1n) is 3.87. The number of carbonyl (C=O) groups is 1. The van der Waals surface area contributed by atoms with Crippen molar-refractivity contribution in [3.8, 4) is 0 Å². The van der Waals surface area contributed by atoms with Crippen LogP contribution in [-0.2, 0) is 11.3 Å². The number of nitrogens with two attached hydrogens (primary N) is 1. The Bertz CT molecular complexity index is 366. The normalized spacial score (nSPS) is 10.0. The quantitative estimate of drug-likeness (QED) is 0.731. The molecule has 0 heterocycles. The second kappa shape index (κ2) is 4.15. The molecule has 3 nitrogen and oxygen atoms in total. The highest BCUT2D eigenvalue weighted by molar-refractivity contribution is 5.90. The fraction of sp³-hybridized carbons (Fsp3) is 0.222. The van der Waals surface area contributed by atoms with E-state index in [1.54, 1.807) is 0 Å². The molecule has 0 bridgehead atoms. The molecule has 0 aliphatic rings. The molecule has 0 aromatic heterocycles. The van der Waals surface area contributed by atoms with Crippen LogP contribution in [0.5, 0.6) is 0 Å². The highest BCUT2D eigenvalue weighted by Gasteiger charge is 2.20. The highest BCUT2D eigenvalue weighted by Crippen LogP contribution is 2.17. The molecule has 0 saturated carbocycles. The lowest BCUT2D eigenvalue weighted by atomic mass is 10.1. The van der Waals surface area contributed by atoms with Gasteiger partial charge in [0.2, 0.25) is 0 Å². The standard InChI is InChI=1S/C9H9F2NO2/c1-14-9(13)7-6(10)3-2-5(4-12)8(7)11/h2-3H,4,12H2,1H3. The Balaban J connectivity index is 3.32. The first-order chi connectivity index (χ1) is 6.61. The molecule has 0 spiro atoms. The SMILES string of the molecule is COC(=O)c1c(F)ccc(CN)c1F. The Morgan fingerprint density at radius 2 is 2.14 bits per heavy atom. The summed E-state index contributed by atoms with van der Waals surface area (Å²) in [4.78, 5) is 11.0. The summed E-state index contributed by atoms with van der Waals surface area (Å²) in [6.07, 6.45) is 0. The summed E-state index contributed by atoms with van der Waals surface area (Å²) < 4.78 is 30.6. The first-order valence-corrected chi connectivity index (χ1v) is 3.87. The third-order valence-electron chi connectivity index (χ3n) is 1.78. The minimum absolute atomic E-state index is 0.0757. The third-order valence-corrected chi connectivity index (χ3v) is 1.78. The molecule has 5 heteroatoms. The van der Waals surface area contributed by atoms with Gasteiger partial charge in [-0.2, -0.15) is 0 Å². The average molecular weight is 201 g/mol. The summed E-state index contributed by atoms with van der Waals surface area (Å²) in [6.45, 7) is -0.101. The zero-order valence-corrected chi connectivity index (χ0v) is 7.51. The maximum absolute atomic E-state index is 13.4. The number of ether oxygens (including phenoxy) is 1. The first kappa shape index (κ1) is 10.6. The van der Waals surface area contributed by atoms with Crippen molar-refractivity contribution in [2.75, 3.05) is 7.11 Å². The lowest BCUT2D eigenvalue weighted by molar-refractivity contribution is 0.0589. The molecule has 1 aromatic carbocycles. The van der Waals surface area contributed by atoms with Crippen LogP contribution in [0.15, 0.2) is 12.1 Å². The van der Waals surface area contributed by atoms with E-state index in [-0.39, 0.29) is 12.1 Å². The van der Waals surface area contributed by atoms with Gasteiger partial charge in [0.05, 0.1) is 7.11 Å². The van der Waals surface area contributed by atoms with E-state index in [0.29, 0.717) is 0 Å². The Morgan fingerprint density at radius 3 is 2.64 bits per heavy atom. The van der Waals surface area contributed by atoms with Gasteiger partial charge in [-0.05, 0) is 6.07 Å². The molecule has 0 radical (unpaired) electrons. The monoisotopic (exact) mass is 201 g/mol. The number of carbonyl (C=O) groups excluding carboxylic acids is 1. The Morgan fingerprint density at radius 1 is 1.50 bits per heavy atom. The van der Waals surface area contributed by atoms with Crippen LogP contribution in [0.25, 0.3) is 0 Å². The minimum Gasteiger partial charge on any atom is -0.465 e. The molecule has 0 amide bonds. The van der Waals surface area contributed by atoms with Crippen LogP contribution >= 0.6 is 0 Å². The topological polar surface area (TPSA) is 52.3 Å². The second-order valence-electron chi connectivity index (χ2n) is 2.59. The molecular weight excluding hydrogens is 192 g/mol. The van der Waals surface area contributed by atoms with Crippen LogP contribution in [0.1, 0.15) is 15.9 Å². The summed E-state index contributed by atoms with van der Waals surface area (Å²) in [5.74, 6) is -2.96. The zero-order valence-electron chi connectivity index (χ0n) is 7.51. The van der Waals surface area contributed by atoms with Crippen LogP contribution in [0.2, 0.25) is 0 Å². The number of esters is 1. The van der Waals surface area contributed by atoms with Crippen molar-refractivity contribution >= 4 is 5.97 Å². The summed E-state index contributed by atoms with van der Waals surface area (Å²) in [6, 6.07) is 2.18. The molecule has 0 unspecified atom stereocenters. The maximum atomic E-state index is 13.4. The van der Waals surface area contributed by atoms with Gasteiger partial charge in [0.15, 0.2) is 0 Å². The summed E-state index contributed by atoms with van der Waals surface area (Å²) >= 11 is 0. The molecule has 1 aromatic rings. The van der Waals surface area contributed by atoms with Crippen molar-refractivity contribution in [3.63, 3.8) is 0 Å². The van der Waals surface area contributed by atoms with Crippen molar-refractivity contribution in [1.29, 1.82) is 0 Å². The van der Waals surface area contributed by atoms with Gasteiger partial charge in [-0.25, -0.2) is 13.6 Å². The predicted octanol–water partition coefficient (Wildman–Crippen LogP) is 1.21. The molecule has 0 saturated heterocycles. The molecule has 76 valence electrons. The van der Waals surface area contributed by atoms with Crippen LogP contribution in [-0.4, -0.2) is 13.1 Å². The average Bonchev–Trinajstić information content (AvgIpc) is 2.18. The van der Waals surface area contributed by atoms with Crippen molar-refractivity contribution in [3.05, 3.63) is 34.9 Å². The maximum Gasteiger partial charge on any atom is 0.343 e. The Labute approximate surface area is 79.5 Å². The summed E-state index contributed by atoms with van der Waals surface area (Å²) in [7, 11) is 1.05. The van der Waals surface area contributed by atoms with Crippen LogP contribution in [0, 0.1) is 11.6 Å². The summed E-state index contributed by atoms with van der Waals surface area (Å²) in [5, 5.41) is 0. The number of halogens is 2. The van der Waals surface area contributed by atoms with Gasteiger partial charge >= 0.3 is 5.97 Å². The van der Waals surface area contributed by atoms with Gasteiger partial charge in [0.1, 0.15) is 17.2 Å². The molecule has 0 atom stereocenters. The number of rotatable bonds is 2. The number of methoxy groups -OCH3 is 1. The lowest BCUT2D eigenvalue weighted by Gasteiger charge is -2.05. The molecule has 0 aliphatic carbocycles. The lowest BCUT2D eigenvalue weighted by Crippen LogP contribution is -2.11. The van der Waals surface area contributed by atoms with Gasteiger partial charge in [0, 0.05) is 12.1 Å². The van der Waals surface area contributed by atoms with E-state index in [1.807, 2.05) is 0 Å². The molecular formula is C9H9F2NO2. The third kappa shape index (κ3) is 1.72. The smallest absolute Gasteiger partial charge is 0.343 e. The van der Waals surface area contributed by atoms with E-state index < -0.39 is 23.2 Å². The fourth-order valence-electron chi connectivity index (χ4n) is 1.04. The van der Waals surface area contributed by atoms with Gasteiger partial charge in [0.25, 0.3) is 0 Å². The Hall–Kier alpha value is -1.49. The van der Waals surface area contributed by atoms with E-state index in [1.165, 1.54) is 6.07 Å². The Kier molecular flexibility index (Phi) is 3.14. The van der Waals surface area contributed by atoms with Gasteiger partial charge < -0.3 is 10.5 Å². The fourth-order valence-corrected chi connectivity index (χ4v) is 1.04. The van der Waals surface area contributed by atoms with E-state index in [2.05, 4.69) is 4.74 Å². The van der Waals surface area contributed by atoms with Crippen molar-refractivity contribution in [2.45, 2.75) is 6.54 Å². The van der Waals surface area contributed by atoms with Gasteiger partial charge in [-0.15, -0.1) is 0 Å². The van der Waals surface area contributed by atoms with E-state index >= 15 is 0 Å².